The molecule has 0 fully saturated rings. The number of halogens is 1. The fourth-order valence-corrected chi connectivity index (χ4v) is 1.94. The third-order valence-electron chi connectivity index (χ3n) is 2.89. The van der Waals surface area contributed by atoms with E-state index < -0.39 is 0 Å². The van der Waals surface area contributed by atoms with E-state index in [0.29, 0.717) is 13.1 Å². The first-order chi connectivity index (χ1) is 9.99. The summed E-state index contributed by atoms with van der Waals surface area (Å²) >= 11 is 0. The summed E-state index contributed by atoms with van der Waals surface area (Å²) in [6, 6.07) is 6.37. The zero-order valence-corrected chi connectivity index (χ0v) is 13.2. The summed E-state index contributed by atoms with van der Waals surface area (Å²) in [5.41, 5.74) is 12.7. The molecule has 0 radical (unpaired) electrons. The Morgan fingerprint density at radius 1 is 1.24 bits per heavy atom. The third kappa shape index (κ3) is 5.21. The number of rotatable bonds is 7. The molecular formula is C16H25FN4. The Kier molecular flexibility index (Phi) is 6.91. The van der Waals surface area contributed by atoms with E-state index in [4.69, 9.17) is 5.73 Å². The number of benzene rings is 1. The average Bonchev–Trinajstić information content (AvgIpc) is 2.46. The van der Waals surface area contributed by atoms with Crippen LogP contribution in [0.1, 0.15) is 20.8 Å². The first kappa shape index (κ1) is 17.2. The van der Waals surface area contributed by atoms with E-state index in [-0.39, 0.29) is 5.82 Å². The van der Waals surface area contributed by atoms with Crippen molar-refractivity contribution in [3.63, 3.8) is 0 Å². The highest BCUT2D eigenvalue weighted by Crippen LogP contribution is 2.21. The molecule has 0 amide bonds. The fourth-order valence-electron chi connectivity index (χ4n) is 1.94. The van der Waals surface area contributed by atoms with Crippen LogP contribution in [0, 0.1) is 5.82 Å². The summed E-state index contributed by atoms with van der Waals surface area (Å²) in [4.78, 5) is 0. The predicted octanol–water partition coefficient (Wildman–Crippen LogP) is 2.51. The fraction of sp³-hybridized carbons (Fsp3) is 0.375. The molecule has 0 aliphatic carbocycles. The molecule has 0 unspecified atom stereocenters. The molecule has 0 aliphatic rings. The molecule has 0 atom stereocenters. The van der Waals surface area contributed by atoms with Crippen molar-refractivity contribution in [2.75, 3.05) is 25.1 Å². The summed E-state index contributed by atoms with van der Waals surface area (Å²) in [7, 11) is 1.83. The van der Waals surface area contributed by atoms with Gasteiger partial charge >= 0.3 is 0 Å². The van der Waals surface area contributed by atoms with Crippen molar-refractivity contribution >= 4 is 5.69 Å². The van der Waals surface area contributed by atoms with Crippen LogP contribution in [0.4, 0.5) is 10.1 Å². The van der Waals surface area contributed by atoms with Crippen LogP contribution < -0.4 is 21.5 Å². The molecule has 0 spiro atoms. The molecule has 1 aromatic rings. The van der Waals surface area contributed by atoms with Crippen LogP contribution in [0.3, 0.4) is 0 Å². The number of nitrogens with two attached hydrogens (primary N) is 1. The van der Waals surface area contributed by atoms with E-state index in [1.54, 1.807) is 12.1 Å². The van der Waals surface area contributed by atoms with E-state index in [0.717, 1.165) is 17.1 Å². The molecule has 0 aromatic heterocycles. The van der Waals surface area contributed by atoms with Crippen LogP contribution in [0.15, 0.2) is 47.3 Å². The molecule has 21 heavy (non-hydrogen) atoms. The number of hydrogen-bond donors (Lipinski definition) is 3. The quantitative estimate of drug-likeness (QED) is 0.534. The highest BCUT2D eigenvalue weighted by atomic mass is 19.1. The van der Waals surface area contributed by atoms with Gasteiger partial charge in [0.05, 0.1) is 11.4 Å². The second kappa shape index (κ2) is 8.44. The Balaban J connectivity index is 3.20. The molecule has 1 rings (SSSR count). The van der Waals surface area contributed by atoms with Crippen LogP contribution in [0.2, 0.25) is 0 Å². The molecule has 0 saturated carbocycles. The lowest BCUT2D eigenvalue weighted by atomic mass is 10.2. The van der Waals surface area contributed by atoms with E-state index >= 15 is 0 Å². The van der Waals surface area contributed by atoms with E-state index in [9.17, 15) is 4.39 Å². The Hall–Kier alpha value is -1.85. The highest BCUT2D eigenvalue weighted by molar-refractivity contribution is 5.54. The van der Waals surface area contributed by atoms with Crippen LogP contribution in [-0.4, -0.2) is 20.1 Å². The lowest BCUT2D eigenvalue weighted by molar-refractivity contribution is 0.627. The average molecular weight is 292 g/mol. The van der Waals surface area contributed by atoms with Crippen LogP contribution in [0.5, 0.6) is 0 Å². The molecule has 4 nitrogen and oxygen atoms in total. The molecule has 0 bridgehead atoms. The predicted molar refractivity (Wildman–Crippen MR) is 87.1 cm³/mol. The summed E-state index contributed by atoms with van der Waals surface area (Å²) in [5.74, 6) is -0.250. The van der Waals surface area contributed by atoms with E-state index in [1.165, 1.54) is 17.7 Å². The number of allylic oxidation sites excluding steroid dienone is 3. The van der Waals surface area contributed by atoms with Gasteiger partial charge in [-0.1, -0.05) is 5.57 Å². The topological polar surface area (TPSA) is 53.3 Å². The van der Waals surface area contributed by atoms with E-state index in [1.807, 2.05) is 32.8 Å². The van der Waals surface area contributed by atoms with Gasteiger partial charge in [0.1, 0.15) is 5.82 Å². The Labute approximate surface area is 126 Å². The van der Waals surface area contributed by atoms with Gasteiger partial charge in [0.25, 0.3) is 0 Å². The number of anilines is 1. The Morgan fingerprint density at radius 3 is 2.33 bits per heavy atom. The van der Waals surface area contributed by atoms with Gasteiger partial charge < -0.3 is 11.1 Å². The molecule has 4 N–H and O–H groups in total. The van der Waals surface area contributed by atoms with Crippen molar-refractivity contribution in [3.05, 3.63) is 53.1 Å². The van der Waals surface area contributed by atoms with Gasteiger partial charge in [-0.3, -0.25) is 5.01 Å². The lowest BCUT2D eigenvalue weighted by Gasteiger charge is -2.27. The van der Waals surface area contributed by atoms with Gasteiger partial charge in [0.15, 0.2) is 0 Å². The first-order valence-electron chi connectivity index (χ1n) is 7.02. The van der Waals surface area contributed by atoms with E-state index in [2.05, 4.69) is 16.8 Å². The molecule has 0 aliphatic heterocycles. The third-order valence-corrected chi connectivity index (χ3v) is 2.89. The Morgan fingerprint density at radius 2 is 1.86 bits per heavy atom. The van der Waals surface area contributed by atoms with Crippen molar-refractivity contribution in [3.8, 4) is 0 Å². The monoisotopic (exact) mass is 292 g/mol. The summed E-state index contributed by atoms with van der Waals surface area (Å²) < 4.78 is 13.1. The minimum Gasteiger partial charge on any atom is -0.386 e. The number of nitrogens with one attached hydrogen (secondary N) is 2. The van der Waals surface area contributed by atoms with Crippen molar-refractivity contribution in [2.24, 2.45) is 5.73 Å². The van der Waals surface area contributed by atoms with Gasteiger partial charge in [-0.2, -0.15) is 0 Å². The van der Waals surface area contributed by atoms with Crippen molar-refractivity contribution in [1.29, 1.82) is 0 Å². The minimum absolute atomic E-state index is 0.250. The largest absolute Gasteiger partial charge is 0.386 e. The smallest absolute Gasteiger partial charge is 0.123 e. The van der Waals surface area contributed by atoms with Gasteiger partial charge in [0, 0.05) is 25.8 Å². The van der Waals surface area contributed by atoms with Crippen molar-refractivity contribution in [1.82, 2.24) is 10.7 Å². The standard InChI is InChI=1S/C16H25FN4/c1-12(2)11-16(13(3)20-10-9-18)21(19-4)15-7-5-14(17)6-8-15/h5-8,11,19-20H,9-10,18H2,1-4H3. The molecular weight excluding hydrogens is 267 g/mol. The first-order valence-corrected chi connectivity index (χ1v) is 7.02. The number of hydrogen-bond acceptors (Lipinski definition) is 4. The summed E-state index contributed by atoms with van der Waals surface area (Å²) in [6.45, 7) is 7.34. The zero-order valence-electron chi connectivity index (χ0n) is 13.2. The maximum atomic E-state index is 13.1. The van der Waals surface area contributed by atoms with Gasteiger partial charge in [0.2, 0.25) is 0 Å². The summed E-state index contributed by atoms with van der Waals surface area (Å²) in [6.07, 6.45) is 2.07. The van der Waals surface area contributed by atoms with Crippen LogP contribution in [-0.2, 0) is 0 Å². The maximum Gasteiger partial charge on any atom is 0.123 e. The van der Waals surface area contributed by atoms with Gasteiger partial charge in [-0.15, -0.1) is 0 Å². The second-order valence-corrected chi connectivity index (χ2v) is 4.98. The van der Waals surface area contributed by atoms with Crippen LogP contribution >= 0.6 is 0 Å². The van der Waals surface area contributed by atoms with Crippen LogP contribution in [0.25, 0.3) is 0 Å². The van der Waals surface area contributed by atoms with Gasteiger partial charge in [-0.05, 0) is 51.1 Å². The summed E-state index contributed by atoms with van der Waals surface area (Å²) in [5, 5.41) is 5.20. The molecule has 1 aromatic carbocycles. The minimum atomic E-state index is -0.250. The highest BCUT2D eigenvalue weighted by Gasteiger charge is 2.12. The van der Waals surface area contributed by atoms with Gasteiger partial charge in [-0.25, -0.2) is 9.82 Å². The normalized spacial score (nSPS) is 11.7. The maximum absolute atomic E-state index is 13.1. The zero-order chi connectivity index (χ0) is 15.8. The van der Waals surface area contributed by atoms with Crippen molar-refractivity contribution < 1.29 is 4.39 Å². The van der Waals surface area contributed by atoms with Crippen molar-refractivity contribution in [2.45, 2.75) is 20.8 Å². The SMILES string of the molecule is CNN(C(C=C(C)C)=C(C)NCCN)c1ccc(F)cc1. The Bertz CT molecular complexity index is 502. The lowest BCUT2D eigenvalue weighted by Crippen LogP contribution is -2.36. The molecule has 0 heterocycles. The molecule has 5 heteroatoms. The second-order valence-electron chi connectivity index (χ2n) is 4.98. The number of hydrazine groups is 1. The molecule has 0 saturated heterocycles. The number of nitrogens with zero attached hydrogens (tertiary/aromatic N) is 1. The molecule has 116 valence electrons.